The van der Waals surface area contributed by atoms with Gasteiger partial charge in [-0.05, 0) is 61.1 Å². The molecule has 1 aliphatic carbocycles. The Bertz CT molecular complexity index is 3890. The smallest absolute Gasteiger partial charge is 0 e. The molecule has 5 heterocycles. The third-order valence-electron chi connectivity index (χ3n) is 13.7. The second-order valence-electron chi connectivity index (χ2n) is 20.3. The van der Waals surface area contributed by atoms with Crippen molar-refractivity contribution in [2.75, 3.05) is 0 Å². The van der Waals surface area contributed by atoms with Gasteiger partial charge in [0.25, 0.3) is 0 Å². The van der Waals surface area contributed by atoms with Crippen LogP contribution in [0.3, 0.4) is 0 Å². The molecule has 1 atom stereocenters. The van der Waals surface area contributed by atoms with Gasteiger partial charge in [-0.15, -0.1) is 18.2 Å². The molecule has 5 aromatic carbocycles. The number of furan rings is 1. The van der Waals surface area contributed by atoms with Crippen LogP contribution in [0.4, 0.5) is 4.39 Å². The van der Waals surface area contributed by atoms with Crippen LogP contribution in [0.2, 0.25) is 17.3 Å². The van der Waals surface area contributed by atoms with Crippen molar-refractivity contribution in [3.63, 3.8) is 0 Å². The third-order valence-corrected chi connectivity index (χ3v) is 18.0. The molecule has 6 nitrogen and oxygen atoms in total. The van der Waals surface area contributed by atoms with E-state index in [0.29, 0.717) is 23.2 Å². The zero-order valence-corrected chi connectivity index (χ0v) is 46.7. The van der Waals surface area contributed by atoms with E-state index in [1.165, 1.54) is 17.2 Å². The second kappa shape index (κ2) is 20.7. The van der Waals surface area contributed by atoms with Crippen LogP contribution in [0.25, 0.3) is 89.0 Å². The van der Waals surface area contributed by atoms with E-state index in [1.807, 2.05) is 13.0 Å². The summed E-state index contributed by atoms with van der Waals surface area (Å²) in [5.74, 6) is 6.71. The molecule has 0 bridgehead atoms. The number of rotatable bonds is 9. The van der Waals surface area contributed by atoms with Gasteiger partial charge in [-0.2, -0.15) is 0 Å². The fraction of sp³-hybridized carbons (Fsp3) is 0.238. The number of aryl methyl sites for hydroxylation is 2. The Balaban J connectivity index is 0.000000230. The Morgan fingerprint density at radius 2 is 1.62 bits per heavy atom. The maximum Gasteiger partial charge on any atom is 0 e. The van der Waals surface area contributed by atoms with E-state index in [1.54, 1.807) is 26.1 Å². The van der Waals surface area contributed by atoms with Gasteiger partial charge < -0.3 is 8.98 Å². The Morgan fingerprint density at radius 3 is 2.35 bits per heavy atom. The van der Waals surface area contributed by atoms with E-state index in [2.05, 4.69) is 169 Å². The molecule has 1 aliphatic rings. The van der Waals surface area contributed by atoms with Crippen LogP contribution >= 0.6 is 0 Å². The number of benzene rings is 5. The molecule has 9 heteroatoms. The quantitative estimate of drug-likeness (QED) is 0.106. The number of hydrogen-bond acceptors (Lipinski definition) is 5. The number of halogens is 1. The van der Waals surface area contributed by atoms with Crippen LogP contribution in [0.1, 0.15) is 92.8 Å². The first kappa shape index (κ1) is 45.5. The summed E-state index contributed by atoms with van der Waals surface area (Å²) in [6.45, 7) is 9.97. The minimum Gasteiger partial charge on any atom is 0 e. The Morgan fingerprint density at radius 1 is 0.833 bits per heavy atom. The van der Waals surface area contributed by atoms with E-state index >= 15 is 0 Å². The number of pyridine rings is 3. The molecule has 72 heavy (non-hydrogen) atoms. The molecule has 1 radical (unpaired) electrons. The van der Waals surface area contributed by atoms with Gasteiger partial charge in [-0.3, -0.25) is 9.97 Å². The van der Waals surface area contributed by atoms with Crippen molar-refractivity contribution in [1.29, 1.82) is 0 Å². The van der Waals surface area contributed by atoms with Crippen LogP contribution in [0, 0.1) is 37.6 Å². The number of imidazole rings is 1. The minimum absolute atomic E-state index is 0. The van der Waals surface area contributed by atoms with E-state index in [-0.39, 0.29) is 31.2 Å². The van der Waals surface area contributed by atoms with Gasteiger partial charge in [-0.25, -0.2) is 4.98 Å². The zero-order chi connectivity index (χ0) is 53.1. The van der Waals surface area contributed by atoms with E-state index < -0.39 is 31.8 Å². The van der Waals surface area contributed by atoms with Gasteiger partial charge >= 0.3 is 135 Å². The van der Waals surface area contributed by atoms with Crippen LogP contribution in [0.5, 0.6) is 0 Å². The summed E-state index contributed by atoms with van der Waals surface area (Å²) in [7, 11) is 0. The summed E-state index contributed by atoms with van der Waals surface area (Å²) in [5.41, 5.74) is 14.0. The maximum absolute atomic E-state index is 14.5. The molecule has 1 unspecified atom stereocenters. The first-order chi connectivity index (χ1) is 35.7. The second-order valence-corrected chi connectivity index (χ2v) is 30.8. The zero-order valence-electron chi connectivity index (χ0n) is 46.2. The van der Waals surface area contributed by atoms with Gasteiger partial charge in [0.15, 0.2) is 0 Å². The van der Waals surface area contributed by atoms with Gasteiger partial charge in [0.1, 0.15) is 0 Å². The number of allylic oxidation sites excluding steroid dienone is 4. The normalized spacial score (nSPS) is 14.3. The van der Waals surface area contributed by atoms with Crippen LogP contribution in [0.15, 0.2) is 144 Å². The molecular formula is C63H60FGeIrN5O-2. The van der Waals surface area contributed by atoms with Gasteiger partial charge in [0, 0.05) is 59.3 Å². The Hall–Kier alpha value is -6.32. The van der Waals surface area contributed by atoms with Crippen molar-refractivity contribution in [1.82, 2.24) is 24.5 Å². The monoisotopic (exact) mass is 1190 g/mol. The molecule has 5 aromatic heterocycles. The fourth-order valence-electron chi connectivity index (χ4n) is 9.61. The van der Waals surface area contributed by atoms with E-state index in [9.17, 15) is 4.39 Å². The van der Waals surface area contributed by atoms with Gasteiger partial charge in [0.2, 0.25) is 5.71 Å². The number of hydrogen-bond donors (Lipinski definition) is 0. The minimum atomic E-state index is -2.37. The maximum atomic E-state index is 14.5. The van der Waals surface area contributed by atoms with Crippen molar-refractivity contribution in [2.24, 2.45) is 5.92 Å². The van der Waals surface area contributed by atoms with Crippen molar-refractivity contribution < 1.29 is 34.4 Å². The van der Waals surface area contributed by atoms with Gasteiger partial charge in [0.05, 0.1) is 33.6 Å². The van der Waals surface area contributed by atoms with E-state index in [0.717, 1.165) is 107 Å². The Labute approximate surface area is 444 Å². The summed E-state index contributed by atoms with van der Waals surface area (Å²) in [5, 5.41) is 3.06. The third kappa shape index (κ3) is 9.69. The van der Waals surface area contributed by atoms with Crippen molar-refractivity contribution >= 4 is 67.2 Å². The predicted octanol–water partition coefficient (Wildman–Crippen LogP) is 16.5. The molecule has 11 rings (SSSR count). The molecular weight excluding hydrogens is 1130 g/mol. The van der Waals surface area contributed by atoms with Crippen LogP contribution < -0.4 is 4.40 Å². The molecule has 0 N–H and O–H groups in total. The van der Waals surface area contributed by atoms with Gasteiger partial charge in [-0.1, -0.05) is 111 Å². The fourth-order valence-corrected chi connectivity index (χ4v) is 12.9. The van der Waals surface area contributed by atoms with E-state index in [4.69, 9.17) is 24.9 Å². The molecule has 0 amide bonds. The average Bonchev–Trinajstić information content (AvgIpc) is 4.09. The number of nitrogens with zero attached hydrogens (tertiary/aromatic N) is 5. The number of para-hydroxylation sites is 1. The number of aromatic nitrogens is 5. The number of fused-ring (bicyclic) bond motifs is 6. The van der Waals surface area contributed by atoms with Crippen molar-refractivity contribution in [3.8, 4) is 39.5 Å². The summed E-state index contributed by atoms with van der Waals surface area (Å²) >= 11 is -2.25. The molecule has 0 aliphatic heterocycles. The average molecular weight is 1190 g/mol. The van der Waals surface area contributed by atoms with Crippen LogP contribution in [-0.2, 0) is 20.1 Å². The molecule has 0 saturated heterocycles. The van der Waals surface area contributed by atoms with Crippen LogP contribution in [-0.4, -0.2) is 37.8 Å². The molecule has 0 saturated carbocycles. The first-order valence-corrected chi connectivity index (χ1v) is 31.8. The molecule has 365 valence electrons. The van der Waals surface area contributed by atoms with Crippen molar-refractivity contribution in [3.05, 3.63) is 186 Å². The topological polar surface area (TPSA) is 69.6 Å². The molecule has 0 fully saturated rings. The molecule has 10 aromatic rings. The first-order valence-electron chi connectivity index (χ1n) is 26.5. The molecule has 0 spiro atoms. The summed E-state index contributed by atoms with van der Waals surface area (Å²) < 4.78 is 55.2. The summed E-state index contributed by atoms with van der Waals surface area (Å²) in [6.07, 6.45) is 10.4. The summed E-state index contributed by atoms with van der Waals surface area (Å²) in [4.78, 5) is 20.0. The standard InChI is InChI=1S/C45H37N4O.C18H23FGeN.Ir/c1-27(2)29(4)38-26-24-36-35-19-12-20-37(43(35)50-45(36)48-38)44-47-39-25-23-32-22-21-28(3)46-40(32)42(39)49(44)41-33(30-13-7-5-8-14-30)17-11-18-34(41)31-15-9-6-10-16-31;1-12(2)15-10-18(21-11-17(15)20(4,5)6)14-8-7-13(3)9-16(14)19;/h5-9,11-15,17-19,21-27,29H,10,16H2,1-4H3;7,9-12H,1-6H3;/q2*-1;/i;3D3,12D;. The largest absolute Gasteiger partial charge is 0 e. The predicted molar refractivity (Wildman–Crippen MR) is 296 cm³/mol. The Kier molecular flexibility index (Phi) is 13.1. The summed E-state index contributed by atoms with van der Waals surface area (Å²) in [6, 6.07) is 44.5. The SMILES string of the molecule is Cc1ccc2ccc3nc(-c4[c-]ccc5c4oc4nc(C(C)C(C)C)ccc45)n(-c4c(C5=CC=CCC5)cccc4-c4ccccc4)c3c2n1.[2H]C([2H])([2H])c1c[c-]c(-c2cc(C([2H])(C)C)[c]([Ge]([CH3])([CH3])[CH3])cn2)c(F)c1.[Ir]. The van der Waals surface area contributed by atoms with Crippen molar-refractivity contribution in [2.45, 2.75) is 90.3 Å².